The molecule has 0 bridgehead atoms. The van der Waals surface area contributed by atoms with Crippen molar-refractivity contribution in [2.24, 2.45) is 0 Å². The number of anilines is 1. The first-order valence-corrected chi connectivity index (χ1v) is 6.55. The number of pyridine rings is 1. The smallest absolute Gasteiger partial charge is 0.149 e. The molecule has 0 fully saturated rings. The molecule has 4 nitrogen and oxygen atoms in total. The summed E-state index contributed by atoms with van der Waals surface area (Å²) in [4.78, 5) is 4.49. The van der Waals surface area contributed by atoms with E-state index in [1.54, 1.807) is 0 Å². The van der Waals surface area contributed by atoms with Gasteiger partial charge in [0.05, 0.1) is 11.2 Å². The van der Waals surface area contributed by atoms with Crippen molar-refractivity contribution in [1.29, 1.82) is 0 Å². The molecule has 2 aromatic heterocycles. The molecule has 0 spiro atoms. The molecule has 4 heteroatoms. The quantitative estimate of drug-likeness (QED) is 0.722. The molecular formula is C15H14N4. The van der Waals surface area contributed by atoms with Crippen LogP contribution in [0.3, 0.4) is 0 Å². The third-order valence-corrected chi connectivity index (χ3v) is 3.80. The van der Waals surface area contributed by atoms with Gasteiger partial charge in [0, 0.05) is 22.8 Å². The lowest BCUT2D eigenvalue weighted by Gasteiger charge is -2.08. The Morgan fingerprint density at radius 1 is 1.11 bits per heavy atom. The lowest BCUT2D eigenvalue weighted by atomic mass is 10.2. The van der Waals surface area contributed by atoms with E-state index >= 15 is 0 Å². The third kappa shape index (κ3) is 1.46. The van der Waals surface area contributed by atoms with E-state index in [1.165, 1.54) is 11.3 Å². The fourth-order valence-corrected chi connectivity index (χ4v) is 2.92. The number of nitrogens with zero attached hydrogens (tertiary/aromatic N) is 3. The molecule has 2 heterocycles. The Hall–Kier alpha value is -2.36. The number of hydrogen-bond donors (Lipinski definition) is 1. The zero-order chi connectivity index (χ0) is 12.8. The average Bonchev–Trinajstić information content (AvgIpc) is 3.03. The molecule has 0 unspecified atom stereocenters. The molecule has 0 saturated carbocycles. The van der Waals surface area contributed by atoms with Gasteiger partial charge in [0.1, 0.15) is 5.82 Å². The fourth-order valence-electron chi connectivity index (χ4n) is 2.92. The first-order chi connectivity index (χ1) is 9.34. The predicted molar refractivity (Wildman–Crippen MR) is 75.3 cm³/mol. The maximum atomic E-state index is 6.02. The van der Waals surface area contributed by atoms with E-state index in [2.05, 4.69) is 28.3 Å². The second kappa shape index (κ2) is 3.82. The number of nitrogen functional groups attached to an aromatic ring is 1. The number of fused-ring (bicyclic) bond motifs is 2. The average molecular weight is 250 g/mol. The molecule has 19 heavy (non-hydrogen) atoms. The van der Waals surface area contributed by atoms with Crippen molar-refractivity contribution in [3.63, 3.8) is 0 Å². The molecule has 0 radical (unpaired) electrons. The summed E-state index contributed by atoms with van der Waals surface area (Å²) in [7, 11) is 0. The van der Waals surface area contributed by atoms with E-state index in [4.69, 9.17) is 5.73 Å². The normalized spacial score (nSPS) is 13.9. The van der Waals surface area contributed by atoms with Crippen LogP contribution in [0.4, 0.5) is 5.82 Å². The molecule has 2 N–H and O–H groups in total. The molecule has 1 aliphatic carbocycles. The van der Waals surface area contributed by atoms with Gasteiger partial charge >= 0.3 is 0 Å². The SMILES string of the molecule is Nc1nn(-c2cccc3cccnc23)c2c1CCC2. The zero-order valence-electron chi connectivity index (χ0n) is 10.5. The van der Waals surface area contributed by atoms with Gasteiger partial charge in [-0.25, -0.2) is 4.68 Å². The largest absolute Gasteiger partial charge is 0.382 e. The summed E-state index contributed by atoms with van der Waals surface area (Å²) in [6, 6.07) is 10.2. The molecule has 94 valence electrons. The van der Waals surface area contributed by atoms with Crippen LogP contribution in [0.5, 0.6) is 0 Å². The van der Waals surface area contributed by atoms with Gasteiger partial charge in [0.15, 0.2) is 0 Å². The number of hydrogen-bond acceptors (Lipinski definition) is 3. The Labute approximate surface area is 110 Å². The Morgan fingerprint density at radius 3 is 2.95 bits per heavy atom. The van der Waals surface area contributed by atoms with E-state index in [1.807, 2.05) is 23.0 Å². The Balaban J connectivity index is 2.03. The van der Waals surface area contributed by atoms with Crippen LogP contribution >= 0.6 is 0 Å². The Bertz CT molecular complexity index is 768. The first-order valence-electron chi connectivity index (χ1n) is 6.55. The summed E-state index contributed by atoms with van der Waals surface area (Å²) >= 11 is 0. The third-order valence-electron chi connectivity index (χ3n) is 3.80. The summed E-state index contributed by atoms with van der Waals surface area (Å²) in [6.07, 6.45) is 5.07. The molecule has 4 rings (SSSR count). The van der Waals surface area contributed by atoms with Gasteiger partial charge in [-0.1, -0.05) is 18.2 Å². The zero-order valence-corrected chi connectivity index (χ0v) is 10.5. The highest BCUT2D eigenvalue weighted by atomic mass is 15.3. The summed E-state index contributed by atoms with van der Waals surface area (Å²) in [5.41, 5.74) is 10.5. The van der Waals surface area contributed by atoms with Gasteiger partial charge in [0.2, 0.25) is 0 Å². The molecular weight excluding hydrogens is 236 g/mol. The van der Waals surface area contributed by atoms with Gasteiger partial charge in [-0.05, 0) is 31.4 Å². The topological polar surface area (TPSA) is 56.7 Å². The van der Waals surface area contributed by atoms with E-state index in [9.17, 15) is 0 Å². The van der Waals surface area contributed by atoms with Crippen molar-refractivity contribution in [2.45, 2.75) is 19.3 Å². The van der Waals surface area contributed by atoms with Crippen LogP contribution in [-0.2, 0) is 12.8 Å². The molecule has 3 aromatic rings. The van der Waals surface area contributed by atoms with Crippen LogP contribution < -0.4 is 5.73 Å². The minimum atomic E-state index is 0.667. The van der Waals surface area contributed by atoms with E-state index < -0.39 is 0 Å². The lowest BCUT2D eigenvalue weighted by molar-refractivity contribution is 0.791. The molecule has 1 aromatic carbocycles. The highest BCUT2D eigenvalue weighted by Gasteiger charge is 2.22. The second-order valence-electron chi connectivity index (χ2n) is 4.93. The molecule has 0 aliphatic heterocycles. The van der Waals surface area contributed by atoms with Crippen molar-refractivity contribution in [1.82, 2.24) is 14.8 Å². The standard InChI is InChI=1S/C15H14N4/c16-15-11-6-2-7-12(11)19(18-15)13-8-1-4-10-5-3-9-17-14(10)13/h1,3-5,8-9H,2,6-7H2,(H2,16,18). The van der Waals surface area contributed by atoms with Crippen LogP contribution in [0.15, 0.2) is 36.5 Å². The number of para-hydroxylation sites is 1. The van der Waals surface area contributed by atoms with E-state index in [-0.39, 0.29) is 0 Å². The minimum Gasteiger partial charge on any atom is -0.382 e. The maximum Gasteiger partial charge on any atom is 0.149 e. The van der Waals surface area contributed by atoms with Crippen molar-refractivity contribution < 1.29 is 0 Å². The summed E-state index contributed by atoms with van der Waals surface area (Å²) in [6.45, 7) is 0. The summed E-state index contributed by atoms with van der Waals surface area (Å²) in [5, 5.41) is 5.63. The molecule has 0 amide bonds. The van der Waals surface area contributed by atoms with Crippen molar-refractivity contribution >= 4 is 16.7 Å². The predicted octanol–water partition coefficient (Wildman–Crippen LogP) is 2.49. The maximum absolute atomic E-state index is 6.02. The fraction of sp³-hybridized carbons (Fsp3) is 0.200. The van der Waals surface area contributed by atoms with Gasteiger partial charge < -0.3 is 5.73 Å². The Kier molecular flexibility index (Phi) is 2.12. The van der Waals surface area contributed by atoms with Gasteiger partial charge in [-0.2, -0.15) is 5.10 Å². The molecule has 0 atom stereocenters. The van der Waals surface area contributed by atoms with Gasteiger partial charge in [0.25, 0.3) is 0 Å². The lowest BCUT2D eigenvalue weighted by Crippen LogP contribution is -2.03. The number of rotatable bonds is 1. The van der Waals surface area contributed by atoms with E-state index in [0.717, 1.165) is 35.9 Å². The van der Waals surface area contributed by atoms with Crippen LogP contribution in [0.25, 0.3) is 16.6 Å². The van der Waals surface area contributed by atoms with Crippen LogP contribution in [0.1, 0.15) is 17.7 Å². The number of benzene rings is 1. The number of nitrogens with two attached hydrogens (primary N) is 1. The van der Waals surface area contributed by atoms with Gasteiger partial charge in [-0.3, -0.25) is 4.98 Å². The highest BCUT2D eigenvalue weighted by molar-refractivity contribution is 5.86. The second-order valence-corrected chi connectivity index (χ2v) is 4.93. The van der Waals surface area contributed by atoms with Crippen LogP contribution in [0, 0.1) is 0 Å². The summed E-state index contributed by atoms with van der Waals surface area (Å²) in [5.74, 6) is 0.667. The first kappa shape index (κ1) is 10.6. The van der Waals surface area contributed by atoms with E-state index in [0.29, 0.717) is 5.82 Å². The monoisotopic (exact) mass is 250 g/mol. The van der Waals surface area contributed by atoms with Crippen LogP contribution in [-0.4, -0.2) is 14.8 Å². The Morgan fingerprint density at radius 2 is 2.00 bits per heavy atom. The van der Waals surface area contributed by atoms with Crippen molar-refractivity contribution in [2.75, 3.05) is 5.73 Å². The van der Waals surface area contributed by atoms with Crippen molar-refractivity contribution in [3.8, 4) is 5.69 Å². The van der Waals surface area contributed by atoms with Crippen LogP contribution in [0.2, 0.25) is 0 Å². The summed E-state index contributed by atoms with van der Waals surface area (Å²) < 4.78 is 1.98. The number of aromatic nitrogens is 3. The van der Waals surface area contributed by atoms with Gasteiger partial charge in [-0.15, -0.1) is 0 Å². The van der Waals surface area contributed by atoms with Crippen molar-refractivity contribution in [3.05, 3.63) is 47.8 Å². The highest BCUT2D eigenvalue weighted by Crippen LogP contribution is 2.30. The molecule has 1 aliphatic rings. The molecule has 0 saturated heterocycles. The minimum absolute atomic E-state index is 0.667.